The number of rotatable bonds is 0. The highest BCUT2D eigenvalue weighted by Gasteiger charge is 2.29. The normalized spacial score (nSPS) is 31.5. The van der Waals surface area contributed by atoms with Crippen LogP contribution in [-0.4, -0.2) is 5.78 Å². The highest BCUT2D eigenvalue weighted by atomic mass is 16.1. The molecule has 0 N–H and O–H groups in total. The molecule has 2 atom stereocenters. The Morgan fingerprint density at radius 3 is 2.31 bits per heavy atom. The summed E-state index contributed by atoms with van der Waals surface area (Å²) >= 11 is 0. The molecule has 0 radical (unpaired) electrons. The summed E-state index contributed by atoms with van der Waals surface area (Å²) in [5, 5.41) is 0. The van der Waals surface area contributed by atoms with Gasteiger partial charge < -0.3 is 0 Å². The van der Waals surface area contributed by atoms with Crippen LogP contribution < -0.4 is 0 Å². The predicted molar refractivity (Wildman–Crippen MR) is 55.6 cm³/mol. The maximum absolute atomic E-state index is 11.5. The van der Waals surface area contributed by atoms with Crippen LogP contribution in [0.5, 0.6) is 0 Å². The molecule has 1 saturated carbocycles. The van der Waals surface area contributed by atoms with Gasteiger partial charge in [0.25, 0.3) is 0 Å². The molecule has 0 bridgehead atoms. The third-order valence-electron chi connectivity index (χ3n) is 3.46. The molecule has 1 aliphatic rings. The fourth-order valence-corrected chi connectivity index (χ4v) is 2.19. The number of carbonyl (C=O) groups is 1. The summed E-state index contributed by atoms with van der Waals surface area (Å²) in [7, 11) is 0. The maximum atomic E-state index is 11.5. The van der Waals surface area contributed by atoms with Gasteiger partial charge in [-0.1, -0.05) is 27.7 Å². The number of Topliss-reactive ketones (excluding diaryl/α,β-unsaturated/α-hetero) is 1. The lowest BCUT2D eigenvalue weighted by molar-refractivity contribution is -0.122. The largest absolute Gasteiger partial charge is 0.299 e. The molecule has 0 aromatic rings. The first-order valence-corrected chi connectivity index (χ1v) is 5.44. The van der Waals surface area contributed by atoms with Gasteiger partial charge in [0.1, 0.15) is 5.78 Å². The highest BCUT2D eigenvalue weighted by Crippen LogP contribution is 2.37. The monoisotopic (exact) mass is 182 g/mol. The lowest BCUT2D eigenvalue weighted by Gasteiger charge is -2.29. The second kappa shape index (κ2) is 3.81. The second-order valence-corrected chi connectivity index (χ2v) is 5.55. The first-order chi connectivity index (χ1) is 5.91. The molecule has 76 valence electrons. The van der Waals surface area contributed by atoms with E-state index in [0.29, 0.717) is 17.1 Å². The zero-order valence-electron chi connectivity index (χ0n) is 9.39. The molecule has 0 aliphatic heterocycles. The molecule has 0 aromatic carbocycles. The van der Waals surface area contributed by atoms with Crippen LogP contribution >= 0.6 is 0 Å². The van der Waals surface area contributed by atoms with E-state index in [1.165, 1.54) is 6.42 Å². The van der Waals surface area contributed by atoms with Crippen LogP contribution in [0.4, 0.5) is 0 Å². The van der Waals surface area contributed by atoms with Crippen molar-refractivity contribution < 1.29 is 4.79 Å². The Morgan fingerprint density at radius 2 is 1.77 bits per heavy atom. The molecule has 13 heavy (non-hydrogen) atoms. The molecule has 0 spiro atoms. The van der Waals surface area contributed by atoms with E-state index in [9.17, 15) is 4.79 Å². The van der Waals surface area contributed by atoms with Crippen LogP contribution in [-0.2, 0) is 4.79 Å². The molecule has 0 saturated heterocycles. The number of ketones is 1. The smallest absolute Gasteiger partial charge is 0.135 e. The zero-order valence-corrected chi connectivity index (χ0v) is 9.39. The highest BCUT2D eigenvalue weighted by molar-refractivity contribution is 5.80. The van der Waals surface area contributed by atoms with Gasteiger partial charge >= 0.3 is 0 Å². The van der Waals surface area contributed by atoms with Gasteiger partial charge in [-0.3, -0.25) is 4.79 Å². The van der Waals surface area contributed by atoms with E-state index in [1.807, 2.05) is 0 Å². The van der Waals surface area contributed by atoms with Gasteiger partial charge in [-0.25, -0.2) is 0 Å². The quantitative estimate of drug-likeness (QED) is 0.524. The average Bonchev–Trinajstić information content (AvgIpc) is 2.14. The molecular formula is C12H22O. The van der Waals surface area contributed by atoms with Crippen molar-refractivity contribution in [1.29, 1.82) is 0 Å². The number of hydrogen-bond acceptors (Lipinski definition) is 1. The SMILES string of the molecule is CC1CCC(C(C)(C)C)CCC1=O. The maximum Gasteiger partial charge on any atom is 0.135 e. The molecule has 2 unspecified atom stereocenters. The minimum atomic E-state index is 0.312. The summed E-state index contributed by atoms with van der Waals surface area (Å²) in [6.45, 7) is 8.95. The Hall–Kier alpha value is -0.330. The van der Waals surface area contributed by atoms with E-state index < -0.39 is 0 Å². The summed E-state index contributed by atoms with van der Waals surface area (Å²) in [4.78, 5) is 11.5. The lowest BCUT2D eigenvalue weighted by atomic mass is 9.76. The Bertz CT molecular complexity index is 188. The molecule has 0 heterocycles. The Labute approximate surface area is 81.9 Å². The van der Waals surface area contributed by atoms with Crippen molar-refractivity contribution in [2.24, 2.45) is 17.3 Å². The molecule has 1 fully saturated rings. The van der Waals surface area contributed by atoms with Gasteiger partial charge in [0.15, 0.2) is 0 Å². The third kappa shape index (κ3) is 2.82. The van der Waals surface area contributed by atoms with Crippen LogP contribution in [0.1, 0.15) is 53.4 Å². The molecule has 1 aliphatic carbocycles. The average molecular weight is 182 g/mol. The number of hydrogen-bond donors (Lipinski definition) is 0. The summed E-state index contributed by atoms with van der Waals surface area (Å²) in [6.07, 6.45) is 4.24. The summed E-state index contributed by atoms with van der Waals surface area (Å²) in [6, 6.07) is 0. The summed E-state index contributed by atoms with van der Waals surface area (Å²) in [5.74, 6) is 1.53. The van der Waals surface area contributed by atoms with Crippen molar-refractivity contribution in [3.05, 3.63) is 0 Å². The van der Waals surface area contributed by atoms with Crippen molar-refractivity contribution in [2.75, 3.05) is 0 Å². The summed E-state index contributed by atoms with van der Waals surface area (Å²) in [5.41, 5.74) is 0.379. The van der Waals surface area contributed by atoms with Gasteiger partial charge in [-0.15, -0.1) is 0 Å². The number of carbonyl (C=O) groups excluding carboxylic acids is 1. The Kier molecular flexibility index (Phi) is 3.15. The lowest BCUT2D eigenvalue weighted by Crippen LogP contribution is -2.19. The van der Waals surface area contributed by atoms with Crippen molar-refractivity contribution in [3.8, 4) is 0 Å². The topological polar surface area (TPSA) is 17.1 Å². The van der Waals surface area contributed by atoms with Crippen LogP contribution in [0.2, 0.25) is 0 Å². The van der Waals surface area contributed by atoms with Crippen LogP contribution in [0.25, 0.3) is 0 Å². The van der Waals surface area contributed by atoms with E-state index in [-0.39, 0.29) is 0 Å². The van der Waals surface area contributed by atoms with Crippen molar-refractivity contribution >= 4 is 5.78 Å². The molecule has 0 amide bonds. The van der Waals surface area contributed by atoms with Crippen molar-refractivity contribution in [1.82, 2.24) is 0 Å². The van der Waals surface area contributed by atoms with Crippen LogP contribution in [0.15, 0.2) is 0 Å². The Balaban J connectivity index is 2.59. The molecule has 1 nitrogen and oxygen atoms in total. The predicted octanol–water partition coefficient (Wildman–Crippen LogP) is 3.43. The van der Waals surface area contributed by atoms with Gasteiger partial charge in [-0.2, -0.15) is 0 Å². The van der Waals surface area contributed by atoms with E-state index in [0.717, 1.165) is 25.2 Å². The van der Waals surface area contributed by atoms with E-state index >= 15 is 0 Å². The molecule has 1 heteroatoms. The van der Waals surface area contributed by atoms with Crippen LogP contribution in [0, 0.1) is 17.3 Å². The first-order valence-electron chi connectivity index (χ1n) is 5.44. The van der Waals surface area contributed by atoms with Gasteiger partial charge in [0, 0.05) is 12.3 Å². The second-order valence-electron chi connectivity index (χ2n) is 5.55. The van der Waals surface area contributed by atoms with Gasteiger partial charge in [-0.05, 0) is 30.6 Å². The van der Waals surface area contributed by atoms with Crippen LogP contribution in [0.3, 0.4) is 0 Å². The minimum Gasteiger partial charge on any atom is -0.299 e. The fraction of sp³-hybridized carbons (Fsp3) is 0.917. The van der Waals surface area contributed by atoms with E-state index in [2.05, 4.69) is 27.7 Å². The fourth-order valence-electron chi connectivity index (χ4n) is 2.19. The van der Waals surface area contributed by atoms with E-state index in [4.69, 9.17) is 0 Å². The minimum absolute atomic E-state index is 0.312. The van der Waals surface area contributed by atoms with Gasteiger partial charge in [0.05, 0.1) is 0 Å². The van der Waals surface area contributed by atoms with E-state index in [1.54, 1.807) is 0 Å². The van der Waals surface area contributed by atoms with Gasteiger partial charge in [0.2, 0.25) is 0 Å². The zero-order chi connectivity index (χ0) is 10.1. The summed E-state index contributed by atoms with van der Waals surface area (Å²) < 4.78 is 0. The van der Waals surface area contributed by atoms with Crippen molar-refractivity contribution in [2.45, 2.75) is 53.4 Å². The third-order valence-corrected chi connectivity index (χ3v) is 3.46. The molecule has 1 rings (SSSR count). The van der Waals surface area contributed by atoms with Crippen molar-refractivity contribution in [3.63, 3.8) is 0 Å². The standard InChI is InChI=1S/C12H22O/c1-9-5-6-10(12(2,3)4)7-8-11(9)13/h9-10H,5-8H2,1-4H3. The molecular weight excluding hydrogens is 160 g/mol. The Morgan fingerprint density at radius 1 is 1.15 bits per heavy atom. The first kappa shape index (κ1) is 10.7. The molecule has 0 aromatic heterocycles.